The summed E-state index contributed by atoms with van der Waals surface area (Å²) < 4.78 is 11.8. The Labute approximate surface area is 229 Å². The van der Waals surface area contributed by atoms with Crippen LogP contribution in [0.1, 0.15) is 30.5 Å². The van der Waals surface area contributed by atoms with Gasteiger partial charge in [0.2, 0.25) is 5.91 Å². The van der Waals surface area contributed by atoms with Gasteiger partial charge in [-0.15, -0.1) is 0 Å². The molecule has 7 nitrogen and oxygen atoms in total. The number of hydrogen-bond acceptors (Lipinski definition) is 5. The van der Waals surface area contributed by atoms with E-state index in [0.29, 0.717) is 38.1 Å². The number of pyridine rings is 1. The second-order valence-electron chi connectivity index (χ2n) is 8.39. The molecule has 2 aromatic heterocycles. The van der Waals surface area contributed by atoms with Crippen LogP contribution in [0.3, 0.4) is 0 Å². The Morgan fingerprint density at radius 1 is 1.14 bits per heavy atom. The van der Waals surface area contributed by atoms with Crippen LogP contribution in [0.25, 0.3) is 11.3 Å². The van der Waals surface area contributed by atoms with Crippen molar-refractivity contribution in [3.8, 4) is 17.1 Å². The van der Waals surface area contributed by atoms with Crippen molar-refractivity contribution in [1.82, 2.24) is 10.3 Å². The minimum atomic E-state index is -0.388. The fraction of sp³-hybridized carbons (Fsp3) is 0.148. The van der Waals surface area contributed by atoms with Crippen molar-refractivity contribution in [3.63, 3.8) is 0 Å². The fourth-order valence-corrected chi connectivity index (χ4v) is 5.25. The molecule has 188 valence electrons. The number of aromatic nitrogens is 1. The highest BCUT2D eigenvalue weighted by molar-refractivity contribution is 7.80. The molecule has 1 amide bonds. The maximum atomic E-state index is 11.8. The molecule has 2 aromatic carbocycles. The van der Waals surface area contributed by atoms with Crippen LogP contribution in [-0.2, 0) is 4.79 Å². The summed E-state index contributed by atoms with van der Waals surface area (Å²) in [4.78, 5) is 18.3. The monoisotopic (exact) mass is 552 g/mol. The molecule has 0 radical (unpaired) electrons. The number of furan rings is 1. The predicted molar refractivity (Wildman–Crippen MR) is 149 cm³/mol. The van der Waals surface area contributed by atoms with Crippen LogP contribution >= 0.6 is 35.4 Å². The molecular weight excluding hydrogens is 531 g/mol. The molecule has 37 heavy (non-hydrogen) atoms. The van der Waals surface area contributed by atoms with Gasteiger partial charge in [-0.1, -0.05) is 29.3 Å². The maximum Gasteiger partial charge on any atom is 0.221 e. The van der Waals surface area contributed by atoms with Gasteiger partial charge in [-0.2, -0.15) is 0 Å². The molecule has 1 aliphatic rings. The first-order valence-corrected chi connectivity index (χ1v) is 12.5. The van der Waals surface area contributed by atoms with Crippen LogP contribution in [-0.4, -0.2) is 23.1 Å². The molecule has 0 unspecified atom stereocenters. The molecule has 3 heterocycles. The van der Waals surface area contributed by atoms with Crippen molar-refractivity contribution in [2.75, 3.05) is 17.3 Å². The number of nitrogens with zero attached hydrogens (tertiary/aromatic N) is 2. The molecule has 0 spiro atoms. The van der Waals surface area contributed by atoms with Gasteiger partial charge >= 0.3 is 0 Å². The number of halogens is 2. The summed E-state index contributed by atoms with van der Waals surface area (Å²) in [6.45, 7) is 1.44. The van der Waals surface area contributed by atoms with E-state index in [0.717, 1.165) is 16.9 Å². The van der Waals surface area contributed by atoms with Crippen molar-refractivity contribution in [1.29, 1.82) is 0 Å². The van der Waals surface area contributed by atoms with E-state index in [1.54, 1.807) is 31.5 Å². The number of carbonyl (C=O) groups is 1. The zero-order chi connectivity index (χ0) is 26.1. The molecule has 10 heteroatoms. The Kier molecular flexibility index (Phi) is 7.06. The number of benzene rings is 2. The van der Waals surface area contributed by atoms with Crippen molar-refractivity contribution in [3.05, 3.63) is 94.4 Å². The van der Waals surface area contributed by atoms with Crippen molar-refractivity contribution < 1.29 is 13.9 Å². The van der Waals surface area contributed by atoms with Crippen LogP contribution in [0.2, 0.25) is 10.0 Å². The molecule has 2 atom stereocenters. The Hall–Kier alpha value is -3.59. The number of thiocarbonyl (C=S) groups is 1. The van der Waals surface area contributed by atoms with Crippen molar-refractivity contribution in [2.45, 2.75) is 19.0 Å². The number of ether oxygens (including phenoxy) is 1. The van der Waals surface area contributed by atoms with E-state index in [1.165, 1.54) is 6.92 Å². The van der Waals surface area contributed by atoms with E-state index in [9.17, 15) is 4.79 Å². The number of carbonyl (C=O) groups excluding carboxylic acids is 1. The first-order valence-electron chi connectivity index (χ1n) is 11.4. The summed E-state index contributed by atoms with van der Waals surface area (Å²) in [5.74, 6) is 1.58. The topological polar surface area (TPSA) is 79.6 Å². The smallest absolute Gasteiger partial charge is 0.221 e. The third kappa shape index (κ3) is 5.00. The first-order chi connectivity index (χ1) is 17.9. The SMILES string of the molecule is COc1ccc(N2C(=S)N[C@H](c3ccccn3)[C@H]2c2ccc(-c3ccc(Cl)cc3Cl)o2)cc1NC(C)=O. The van der Waals surface area contributed by atoms with Crippen LogP contribution in [0.4, 0.5) is 11.4 Å². The summed E-state index contributed by atoms with van der Waals surface area (Å²) in [7, 11) is 1.55. The second-order valence-corrected chi connectivity index (χ2v) is 9.62. The Balaban J connectivity index is 1.61. The minimum Gasteiger partial charge on any atom is -0.495 e. The molecule has 0 saturated carbocycles. The van der Waals surface area contributed by atoms with E-state index >= 15 is 0 Å². The van der Waals surface area contributed by atoms with Crippen molar-refractivity contribution >= 4 is 57.8 Å². The Morgan fingerprint density at radius 3 is 2.68 bits per heavy atom. The molecule has 2 N–H and O–H groups in total. The van der Waals surface area contributed by atoms with Gasteiger partial charge in [-0.05, 0) is 72.9 Å². The van der Waals surface area contributed by atoms with Gasteiger partial charge < -0.3 is 24.7 Å². The average molecular weight is 553 g/mol. The number of hydrogen-bond donors (Lipinski definition) is 2. The second kappa shape index (κ2) is 10.4. The lowest BCUT2D eigenvalue weighted by Gasteiger charge is -2.27. The van der Waals surface area contributed by atoms with E-state index in [2.05, 4.69) is 15.6 Å². The molecule has 0 bridgehead atoms. The van der Waals surface area contributed by atoms with Gasteiger partial charge in [-0.3, -0.25) is 9.78 Å². The summed E-state index contributed by atoms with van der Waals surface area (Å²) >= 11 is 18.3. The predicted octanol–water partition coefficient (Wildman–Crippen LogP) is 6.79. The van der Waals surface area contributed by atoms with Crippen LogP contribution in [0.5, 0.6) is 5.75 Å². The van der Waals surface area contributed by atoms with Gasteiger partial charge in [0.1, 0.15) is 23.3 Å². The summed E-state index contributed by atoms with van der Waals surface area (Å²) in [6, 6.07) is 19.6. The zero-order valence-electron chi connectivity index (χ0n) is 19.9. The third-order valence-corrected chi connectivity index (χ3v) is 6.85. The number of nitrogens with one attached hydrogen (secondary N) is 2. The molecule has 1 fully saturated rings. The maximum absolute atomic E-state index is 11.8. The first kappa shape index (κ1) is 25.1. The summed E-state index contributed by atoms with van der Waals surface area (Å²) in [6.07, 6.45) is 1.74. The van der Waals surface area contributed by atoms with Crippen LogP contribution in [0.15, 0.2) is 77.3 Å². The Bertz CT molecular complexity index is 1480. The lowest BCUT2D eigenvalue weighted by atomic mass is 10.0. The Morgan fingerprint density at radius 2 is 1.97 bits per heavy atom. The van der Waals surface area contributed by atoms with Crippen LogP contribution in [0, 0.1) is 0 Å². The molecule has 1 saturated heterocycles. The van der Waals surface area contributed by atoms with Crippen molar-refractivity contribution in [2.24, 2.45) is 0 Å². The number of amides is 1. The lowest BCUT2D eigenvalue weighted by molar-refractivity contribution is -0.114. The molecule has 1 aliphatic heterocycles. The van der Waals surface area contributed by atoms with E-state index < -0.39 is 0 Å². The minimum absolute atomic E-state index is 0.212. The molecule has 0 aliphatic carbocycles. The van der Waals surface area contributed by atoms with Gasteiger partial charge in [0, 0.05) is 29.4 Å². The van der Waals surface area contributed by atoms with Gasteiger partial charge in [-0.25, -0.2) is 0 Å². The quantitative estimate of drug-likeness (QED) is 0.255. The standard InChI is InChI=1S/C27H22Cl2N4O3S/c1-15(34)31-21-14-17(7-9-23(21)35-2)33-26(25(32-27(33)37)20-5-3-4-12-30-20)24-11-10-22(36-24)18-8-6-16(28)13-19(18)29/h3-14,25-26H,1-2H3,(H,31,34)(H,32,37)/t25-,26-/m1/s1. The number of methoxy groups -OCH3 is 1. The highest BCUT2D eigenvalue weighted by Gasteiger charge is 2.42. The molecule has 4 aromatic rings. The largest absolute Gasteiger partial charge is 0.495 e. The summed E-state index contributed by atoms with van der Waals surface area (Å²) in [5.41, 5.74) is 2.80. The average Bonchev–Trinajstić information content (AvgIpc) is 3.48. The summed E-state index contributed by atoms with van der Waals surface area (Å²) in [5, 5.41) is 7.74. The number of anilines is 2. The lowest BCUT2D eigenvalue weighted by Crippen LogP contribution is -2.29. The van der Waals surface area contributed by atoms with Crippen LogP contribution < -0.4 is 20.3 Å². The molecular formula is C27H22Cl2N4O3S. The van der Waals surface area contributed by atoms with Gasteiger partial charge in [0.15, 0.2) is 5.11 Å². The van der Waals surface area contributed by atoms with E-state index in [-0.39, 0.29) is 18.0 Å². The van der Waals surface area contributed by atoms with Gasteiger partial charge in [0.05, 0.1) is 29.6 Å². The molecule has 5 rings (SSSR count). The third-order valence-electron chi connectivity index (χ3n) is 5.98. The van der Waals surface area contributed by atoms with E-state index in [1.807, 2.05) is 53.4 Å². The highest BCUT2D eigenvalue weighted by atomic mass is 35.5. The number of rotatable bonds is 6. The van der Waals surface area contributed by atoms with E-state index in [4.69, 9.17) is 44.6 Å². The van der Waals surface area contributed by atoms with Gasteiger partial charge in [0.25, 0.3) is 0 Å². The highest BCUT2D eigenvalue weighted by Crippen LogP contribution is 2.44. The zero-order valence-corrected chi connectivity index (χ0v) is 22.2. The fourth-order valence-electron chi connectivity index (χ4n) is 4.40. The normalized spacial score (nSPS) is 17.0.